The van der Waals surface area contributed by atoms with E-state index in [2.05, 4.69) is 10.3 Å². The summed E-state index contributed by atoms with van der Waals surface area (Å²) in [6.07, 6.45) is 3.67. The number of rotatable bonds is 3. The maximum atomic E-state index is 10.9. The Kier molecular flexibility index (Phi) is 2.21. The molecule has 4 nitrogen and oxygen atoms in total. The molecule has 0 unspecified atom stereocenters. The third-order valence-electron chi connectivity index (χ3n) is 2.34. The van der Waals surface area contributed by atoms with Gasteiger partial charge >= 0.3 is 0 Å². The zero-order valence-corrected chi connectivity index (χ0v) is 8.05. The van der Waals surface area contributed by atoms with Gasteiger partial charge in [-0.25, -0.2) is 13.4 Å². The molecule has 0 aromatic carbocycles. The molecular formula is C8H12N2O2S. The lowest BCUT2D eigenvalue weighted by Crippen LogP contribution is -2.35. The fourth-order valence-corrected chi connectivity index (χ4v) is 2.21. The molecule has 0 radical (unpaired) electrons. The average molecular weight is 200 g/mol. The fraction of sp³-hybridized carbons (Fsp3) is 0.625. The van der Waals surface area contributed by atoms with Crippen molar-refractivity contribution in [1.82, 2.24) is 5.32 Å². The Morgan fingerprint density at radius 2 is 2.31 bits per heavy atom. The van der Waals surface area contributed by atoms with Gasteiger partial charge in [0.15, 0.2) is 0 Å². The maximum absolute atomic E-state index is 10.9. The second kappa shape index (κ2) is 3.23. The molecule has 1 fully saturated rings. The third kappa shape index (κ3) is 2.16. The van der Waals surface area contributed by atoms with Gasteiger partial charge in [-0.05, 0) is 12.8 Å². The molecule has 0 bridgehead atoms. The Morgan fingerprint density at radius 1 is 1.54 bits per heavy atom. The Labute approximate surface area is 77.7 Å². The van der Waals surface area contributed by atoms with Gasteiger partial charge in [-0.1, -0.05) is 6.42 Å². The Bertz CT molecular complexity index is 352. The zero-order chi connectivity index (χ0) is 9.31. The number of hydrogen-bond donors (Lipinski definition) is 1. The molecule has 1 aliphatic heterocycles. The Morgan fingerprint density at radius 3 is 2.77 bits per heavy atom. The van der Waals surface area contributed by atoms with Crippen molar-refractivity contribution in [2.24, 2.45) is 4.99 Å². The largest absolute Gasteiger partial charge is 0.308 e. The van der Waals surface area contributed by atoms with Crippen molar-refractivity contribution in [2.45, 2.75) is 25.3 Å². The van der Waals surface area contributed by atoms with Crippen LogP contribution in [-0.2, 0) is 9.84 Å². The lowest BCUT2D eigenvalue weighted by atomic mass is 9.93. The first-order valence-corrected chi connectivity index (χ1v) is 6.00. The number of nitrogens with one attached hydrogen (secondary N) is 1. The van der Waals surface area contributed by atoms with Crippen molar-refractivity contribution in [1.29, 1.82) is 0 Å². The van der Waals surface area contributed by atoms with Gasteiger partial charge in [-0.15, -0.1) is 0 Å². The topological polar surface area (TPSA) is 58.5 Å². The van der Waals surface area contributed by atoms with Crippen LogP contribution in [0.3, 0.4) is 0 Å². The van der Waals surface area contributed by atoms with Crippen LogP contribution in [0.2, 0.25) is 0 Å². The van der Waals surface area contributed by atoms with E-state index in [1.165, 1.54) is 24.7 Å². The van der Waals surface area contributed by atoms with Gasteiger partial charge in [0.1, 0.15) is 5.55 Å². The van der Waals surface area contributed by atoms with E-state index in [9.17, 15) is 8.42 Å². The summed E-state index contributed by atoms with van der Waals surface area (Å²) in [5, 5.41) is 4.47. The molecule has 0 atom stereocenters. The van der Waals surface area contributed by atoms with Gasteiger partial charge in [0.05, 0.1) is 11.1 Å². The normalized spacial score (nSPS) is 25.7. The summed E-state index contributed by atoms with van der Waals surface area (Å²) in [4.78, 5) is 3.80. The van der Waals surface area contributed by atoms with E-state index in [-0.39, 0.29) is 0 Å². The molecule has 1 saturated carbocycles. The smallest absolute Gasteiger partial charge is 0.211 e. The van der Waals surface area contributed by atoms with Crippen molar-refractivity contribution in [2.75, 3.05) is 6.54 Å². The van der Waals surface area contributed by atoms with Crippen LogP contribution in [0.5, 0.6) is 0 Å². The summed E-state index contributed by atoms with van der Waals surface area (Å²) in [7, 11) is -3.13. The lowest BCUT2D eigenvalue weighted by molar-refractivity contribution is 0.349. The van der Waals surface area contributed by atoms with Gasteiger partial charge in [0.25, 0.3) is 0 Å². The number of aliphatic imine (C=N–C) groups is 1. The molecule has 0 aromatic heterocycles. The number of sulfone groups is 1. The minimum atomic E-state index is -3.13. The van der Waals surface area contributed by atoms with Gasteiger partial charge in [-0.2, -0.15) is 0 Å². The number of hydrogen-bond acceptors (Lipinski definition) is 4. The molecule has 2 rings (SSSR count). The Hall–Kier alpha value is -0.680. The maximum Gasteiger partial charge on any atom is 0.211 e. The van der Waals surface area contributed by atoms with Crippen LogP contribution in [0.25, 0.3) is 0 Å². The Balaban J connectivity index is 1.86. The second-order valence-electron chi connectivity index (χ2n) is 3.44. The van der Waals surface area contributed by atoms with E-state index in [1.54, 1.807) is 0 Å². The van der Waals surface area contributed by atoms with Crippen LogP contribution >= 0.6 is 0 Å². The van der Waals surface area contributed by atoms with Gasteiger partial charge < -0.3 is 5.32 Å². The molecule has 0 spiro atoms. The molecule has 0 saturated heterocycles. The first kappa shape index (κ1) is 8.90. The van der Waals surface area contributed by atoms with Gasteiger partial charge in [-0.3, -0.25) is 0 Å². The van der Waals surface area contributed by atoms with E-state index in [0.29, 0.717) is 18.3 Å². The summed E-state index contributed by atoms with van der Waals surface area (Å²) in [5.41, 5.74) is 1.62. The van der Waals surface area contributed by atoms with Crippen molar-refractivity contribution in [3.8, 4) is 0 Å². The highest BCUT2D eigenvalue weighted by molar-refractivity contribution is 8.07. The monoisotopic (exact) mass is 200 g/mol. The minimum absolute atomic E-state index is 0.569. The molecule has 5 heteroatoms. The molecule has 1 N–H and O–H groups in total. The van der Waals surface area contributed by atoms with Crippen LogP contribution in [0, 0.1) is 0 Å². The summed E-state index contributed by atoms with van der Waals surface area (Å²) in [5.74, 6) is 0. The van der Waals surface area contributed by atoms with Crippen molar-refractivity contribution in [3.63, 3.8) is 0 Å². The third-order valence-corrected chi connectivity index (χ3v) is 3.34. The van der Waals surface area contributed by atoms with Crippen molar-refractivity contribution < 1.29 is 8.42 Å². The highest BCUT2D eigenvalue weighted by Crippen LogP contribution is 2.18. The van der Waals surface area contributed by atoms with Crippen molar-refractivity contribution in [3.05, 3.63) is 11.1 Å². The second-order valence-corrected chi connectivity index (χ2v) is 5.07. The summed E-state index contributed by atoms with van der Waals surface area (Å²) >= 11 is 0. The molecule has 72 valence electrons. The first-order chi connectivity index (χ1) is 6.16. The first-order valence-electron chi connectivity index (χ1n) is 4.39. The van der Waals surface area contributed by atoms with Crippen LogP contribution in [0.1, 0.15) is 19.3 Å². The standard InChI is InChI=1S/C8H12N2O2S/c11-13(12)5-8(10-6-13)4-9-7-2-1-3-7/h5-7,9H,1-4H2. The average Bonchev–Trinajstić information content (AvgIpc) is 2.27. The summed E-state index contributed by atoms with van der Waals surface area (Å²) in [6, 6.07) is 0.569. The minimum Gasteiger partial charge on any atom is -0.308 e. The zero-order valence-electron chi connectivity index (χ0n) is 7.23. The van der Waals surface area contributed by atoms with Crippen molar-refractivity contribution >= 4 is 15.4 Å². The number of nitrogens with zero attached hydrogens (tertiary/aromatic N) is 1. The molecule has 2 aliphatic rings. The van der Waals surface area contributed by atoms with Gasteiger partial charge in [0, 0.05) is 12.6 Å². The highest BCUT2D eigenvalue weighted by Gasteiger charge is 2.18. The van der Waals surface area contributed by atoms with E-state index < -0.39 is 9.84 Å². The van der Waals surface area contributed by atoms with Crippen LogP contribution in [-0.4, -0.2) is 26.6 Å². The SMILES string of the molecule is O=S1(=O)C=NC(CNC2CCC2)=C1. The quantitative estimate of drug-likeness (QED) is 0.718. The highest BCUT2D eigenvalue weighted by atomic mass is 32.2. The molecule has 13 heavy (non-hydrogen) atoms. The van der Waals surface area contributed by atoms with Crippen LogP contribution < -0.4 is 5.32 Å². The molecule has 0 aromatic rings. The van der Waals surface area contributed by atoms with E-state index in [0.717, 1.165) is 5.55 Å². The van der Waals surface area contributed by atoms with Crippen LogP contribution in [0.4, 0.5) is 0 Å². The molecule has 1 aliphatic carbocycles. The van der Waals surface area contributed by atoms with Gasteiger partial charge in [0.2, 0.25) is 9.84 Å². The predicted molar refractivity (Wildman–Crippen MR) is 51.1 cm³/mol. The molecular weight excluding hydrogens is 188 g/mol. The van der Waals surface area contributed by atoms with E-state index >= 15 is 0 Å². The summed E-state index contributed by atoms with van der Waals surface area (Å²) < 4.78 is 21.8. The van der Waals surface area contributed by atoms with E-state index in [4.69, 9.17) is 0 Å². The lowest BCUT2D eigenvalue weighted by Gasteiger charge is -2.26. The molecule has 0 amide bonds. The molecule has 1 heterocycles. The van der Waals surface area contributed by atoms with E-state index in [1.807, 2.05) is 0 Å². The predicted octanol–water partition coefficient (Wildman–Crippen LogP) is 0.427. The summed E-state index contributed by atoms with van der Waals surface area (Å²) in [6.45, 7) is 0.570. The fourth-order valence-electron chi connectivity index (χ4n) is 1.34. The van der Waals surface area contributed by atoms with Crippen LogP contribution in [0.15, 0.2) is 16.1 Å².